The van der Waals surface area contributed by atoms with Crippen LogP contribution in [-0.2, 0) is 28.7 Å². The van der Waals surface area contributed by atoms with E-state index in [1.165, 1.54) is 4.90 Å². The zero-order valence-electron chi connectivity index (χ0n) is 40.9. The zero-order valence-corrected chi connectivity index (χ0v) is 43.3. The number of aliphatic imine (C=N–C) groups is 1. The number of halogens is 1. The fourth-order valence-electron chi connectivity index (χ4n) is 8.67. The monoisotopic (exact) mass is 1010 g/mol. The van der Waals surface area contributed by atoms with E-state index in [4.69, 9.17) is 26.1 Å². The first kappa shape index (κ1) is 52.4. The molecule has 20 heteroatoms. The maximum atomic E-state index is 14.2. The van der Waals surface area contributed by atoms with E-state index in [-0.39, 0.29) is 51.7 Å². The van der Waals surface area contributed by atoms with Gasteiger partial charge in [0.25, 0.3) is 0 Å². The first-order valence-corrected chi connectivity index (χ1v) is 25.5. The highest BCUT2D eigenvalue weighted by Crippen LogP contribution is 2.40. The van der Waals surface area contributed by atoms with Crippen molar-refractivity contribution in [2.45, 2.75) is 98.0 Å². The Morgan fingerprint density at radius 2 is 1.64 bits per heavy atom. The molecule has 70 heavy (non-hydrogen) atoms. The third-order valence-corrected chi connectivity index (χ3v) is 14.9. The molecule has 0 spiro atoms. The average Bonchev–Trinajstić information content (AvgIpc) is 4.09. The number of β-amino-alcohol motifs (C(OH)–C–C–N with tert-alkyl or cyclic N) is 1. The van der Waals surface area contributed by atoms with E-state index in [0.29, 0.717) is 36.2 Å². The maximum absolute atomic E-state index is 14.2. The Morgan fingerprint density at radius 1 is 0.929 bits per heavy atom. The molecule has 2 aromatic carbocycles. The largest absolute Gasteiger partial charge is 0.391 e. The first-order valence-electron chi connectivity index (χ1n) is 23.5. The zero-order chi connectivity index (χ0) is 50.3. The van der Waals surface area contributed by atoms with E-state index in [9.17, 15) is 24.3 Å². The van der Waals surface area contributed by atoms with Crippen molar-refractivity contribution in [2.75, 3.05) is 53.1 Å². The van der Waals surface area contributed by atoms with Crippen molar-refractivity contribution in [3.8, 4) is 15.4 Å². The van der Waals surface area contributed by atoms with Crippen LogP contribution in [0, 0.1) is 33.1 Å². The number of carbonyl (C=O) groups is 4. The summed E-state index contributed by atoms with van der Waals surface area (Å²) in [7, 11) is 1.80. The first-order chi connectivity index (χ1) is 33.4. The Kier molecular flexibility index (Phi) is 17.4. The van der Waals surface area contributed by atoms with Crippen LogP contribution in [0.2, 0.25) is 5.02 Å². The number of hydrogen-bond acceptors (Lipinski definition) is 14. The predicted molar refractivity (Wildman–Crippen MR) is 272 cm³/mol. The average molecular weight is 1020 g/mol. The van der Waals surface area contributed by atoms with Gasteiger partial charge in [-0.05, 0) is 75.4 Å². The van der Waals surface area contributed by atoms with E-state index in [2.05, 4.69) is 50.3 Å². The number of hydrogen-bond donors (Lipinski definition) is 5. The molecule has 1 saturated heterocycles. The number of thiazole rings is 1. The summed E-state index contributed by atoms with van der Waals surface area (Å²) in [5.74, 6) is -0.242. The molecule has 5 aromatic rings. The molecule has 5 N–H and O–H groups in total. The lowest BCUT2D eigenvalue weighted by Crippen LogP contribution is -2.58. The van der Waals surface area contributed by atoms with Gasteiger partial charge in [0, 0.05) is 60.3 Å². The summed E-state index contributed by atoms with van der Waals surface area (Å²) in [6, 6.07) is 12.6. The maximum Gasteiger partial charge on any atom is 0.246 e. The number of thiophene rings is 1. The minimum absolute atomic E-state index is 0.0418. The number of aryl methyl sites for hydroxylation is 3. The summed E-state index contributed by atoms with van der Waals surface area (Å²) in [6.45, 7) is 14.7. The fraction of sp³-hybridized carbons (Fsp3) is 0.480. The van der Waals surface area contributed by atoms with Crippen LogP contribution in [0.15, 0.2) is 59.0 Å². The number of ether oxygens (including phenoxy) is 2. The standard InChI is InChI=1S/C50H63ClN10O7S2/c1-28-30(3)70-49-42(28)43(33-14-16-35(51)17-15-33)55-37(46-59-58-31(4)61(46)49)23-40(63)53-18-21-67-19-9-20-68-26-41(64)57-45(50(5,6)7)48(66)60-25-36(62)22-39(60)47(65)56-38(24-52-8)32-10-12-34(13-11-32)44-29(2)54-27-69-44/h10-17,27,36-39,45,52,62H,9,18-26H2,1-8H3,(H,53,63)(H,56,65)(H,57,64)/t36-,37?,38?,39+,45-/m1/s1. The van der Waals surface area contributed by atoms with E-state index in [1.54, 1.807) is 29.7 Å². The van der Waals surface area contributed by atoms with Crippen molar-refractivity contribution in [3.05, 3.63) is 104 Å². The van der Waals surface area contributed by atoms with Gasteiger partial charge in [0.2, 0.25) is 23.6 Å². The number of fused-ring (bicyclic) bond motifs is 3. The lowest BCUT2D eigenvalue weighted by atomic mass is 9.85. The second kappa shape index (κ2) is 23.2. The number of aromatic nitrogens is 4. The molecule has 3 aromatic heterocycles. The number of amides is 4. The van der Waals surface area contributed by atoms with Gasteiger partial charge in [0.05, 0.1) is 47.0 Å². The van der Waals surface area contributed by atoms with Crippen molar-refractivity contribution < 1.29 is 33.8 Å². The van der Waals surface area contributed by atoms with Crippen molar-refractivity contribution >= 4 is 63.6 Å². The number of likely N-dealkylation sites (N-methyl/N-ethyl adjacent to an activating group) is 1. The summed E-state index contributed by atoms with van der Waals surface area (Å²) < 4.78 is 13.4. The van der Waals surface area contributed by atoms with Crippen molar-refractivity contribution in [3.63, 3.8) is 0 Å². The number of likely N-dealkylation sites (tertiary alicyclic amines) is 1. The molecular formula is C50H63ClN10O7S2. The second-order valence-corrected chi connectivity index (χ2v) is 21.2. The number of aliphatic hydroxyl groups is 1. The molecule has 5 atom stereocenters. The highest BCUT2D eigenvalue weighted by atomic mass is 35.5. The third-order valence-electron chi connectivity index (χ3n) is 12.4. The van der Waals surface area contributed by atoms with E-state index in [0.717, 1.165) is 54.0 Å². The van der Waals surface area contributed by atoms with E-state index in [1.807, 2.05) is 93.2 Å². The molecule has 5 heterocycles. The molecule has 0 bridgehead atoms. The summed E-state index contributed by atoms with van der Waals surface area (Å²) in [4.78, 5) is 67.8. The van der Waals surface area contributed by atoms with Gasteiger partial charge in [-0.25, -0.2) is 4.98 Å². The molecule has 2 aliphatic heterocycles. The number of benzene rings is 2. The summed E-state index contributed by atoms with van der Waals surface area (Å²) in [6.07, 6.45) is -0.300. The summed E-state index contributed by atoms with van der Waals surface area (Å²) >= 11 is 9.46. The number of aliphatic hydroxyl groups excluding tert-OH is 1. The lowest BCUT2D eigenvalue weighted by Gasteiger charge is -2.35. The van der Waals surface area contributed by atoms with E-state index >= 15 is 0 Å². The third kappa shape index (κ3) is 12.4. The van der Waals surface area contributed by atoms with Gasteiger partial charge in [0.15, 0.2) is 5.82 Å². The van der Waals surface area contributed by atoms with Gasteiger partial charge in [0.1, 0.15) is 35.6 Å². The minimum Gasteiger partial charge on any atom is -0.391 e. The Morgan fingerprint density at radius 3 is 2.33 bits per heavy atom. The van der Waals surface area contributed by atoms with Gasteiger partial charge in [-0.3, -0.25) is 28.7 Å². The van der Waals surface area contributed by atoms with Crippen LogP contribution in [0.4, 0.5) is 0 Å². The molecule has 17 nitrogen and oxygen atoms in total. The highest BCUT2D eigenvalue weighted by molar-refractivity contribution is 7.15. The molecule has 1 fully saturated rings. The van der Waals surface area contributed by atoms with Crippen molar-refractivity contribution in [2.24, 2.45) is 10.4 Å². The smallest absolute Gasteiger partial charge is 0.246 e. The topological polar surface area (TPSA) is 214 Å². The molecule has 4 amide bonds. The van der Waals surface area contributed by atoms with Gasteiger partial charge in [-0.15, -0.1) is 32.9 Å². The molecular weight excluding hydrogens is 952 g/mol. The Labute approximate surface area is 421 Å². The van der Waals surface area contributed by atoms with Gasteiger partial charge >= 0.3 is 0 Å². The molecule has 0 saturated carbocycles. The Hall–Kier alpha value is -5.41. The molecule has 0 aliphatic carbocycles. The van der Waals surface area contributed by atoms with Gasteiger partial charge in [-0.1, -0.05) is 68.8 Å². The highest BCUT2D eigenvalue weighted by Gasteiger charge is 2.45. The fourth-order valence-corrected chi connectivity index (χ4v) is 10.8. The van der Waals surface area contributed by atoms with Crippen LogP contribution in [0.1, 0.15) is 96.6 Å². The minimum atomic E-state index is -0.997. The van der Waals surface area contributed by atoms with Crippen LogP contribution in [0.5, 0.6) is 0 Å². The molecule has 0 radical (unpaired) electrons. The number of nitrogens with zero attached hydrogens (tertiary/aromatic N) is 6. The Bertz CT molecular complexity index is 2680. The predicted octanol–water partition coefficient (Wildman–Crippen LogP) is 5.73. The van der Waals surface area contributed by atoms with Gasteiger partial charge in [-0.2, -0.15) is 0 Å². The van der Waals surface area contributed by atoms with E-state index < -0.39 is 53.4 Å². The van der Waals surface area contributed by atoms with Gasteiger partial charge < -0.3 is 40.7 Å². The van der Waals surface area contributed by atoms with Crippen LogP contribution in [-0.4, -0.2) is 130 Å². The quantitative estimate of drug-likeness (QED) is 0.0594. The van der Waals surface area contributed by atoms with Crippen molar-refractivity contribution in [1.29, 1.82) is 0 Å². The van der Waals surface area contributed by atoms with Crippen LogP contribution in [0.3, 0.4) is 0 Å². The Balaban J connectivity index is 0.852. The van der Waals surface area contributed by atoms with Crippen LogP contribution < -0.4 is 21.3 Å². The SMILES string of the molecule is CNCC(NC(=O)[C@@H]1C[C@@H](O)CN1C(=O)[C@@H](NC(=O)COCCCOCCNC(=O)CC1N=C(c2ccc(Cl)cc2)c2c(sc(C)c2C)-n2c(C)nnc21)C(C)(C)C)c1ccc(-c2scnc2C)cc1. The van der Waals surface area contributed by atoms with Crippen LogP contribution in [0.25, 0.3) is 15.4 Å². The molecule has 7 rings (SSSR count). The normalized spacial score (nSPS) is 17.5. The second-order valence-electron chi connectivity index (χ2n) is 18.7. The van der Waals surface area contributed by atoms with Crippen LogP contribution >= 0.6 is 34.3 Å². The molecule has 2 aliphatic rings. The number of nitrogens with one attached hydrogen (secondary N) is 4. The van der Waals surface area contributed by atoms with Crippen molar-refractivity contribution in [1.82, 2.24) is 45.9 Å². The molecule has 2 unspecified atom stereocenters. The summed E-state index contributed by atoms with van der Waals surface area (Å²) in [5, 5.41) is 33.2. The lowest BCUT2D eigenvalue weighted by molar-refractivity contribution is -0.144. The number of carbonyl (C=O) groups excluding carboxylic acids is 4. The molecule has 374 valence electrons. The summed E-state index contributed by atoms with van der Waals surface area (Å²) in [5.41, 5.74) is 7.72. The number of rotatable bonds is 20.